The summed E-state index contributed by atoms with van der Waals surface area (Å²) in [6.45, 7) is 8.90. The molecule has 2 aromatic rings. The van der Waals surface area contributed by atoms with Crippen molar-refractivity contribution in [3.8, 4) is 5.75 Å². The molecule has 210 valence electrons. The van der Waals surface area contributed by atoms with Crippen LogP contribution in [0.5, 0.6) is 5.75 Å². The van der Waals surface area contributed by atoms with Crippen LogP contribution in [0, 0.1) is 5.92 Å². The van der Waals surface area contributed by atoms with Crippen molar-refractivity contribution >= 4 is 27.5 Å². The lowest BCUT2D eigenvalue weighted by atomic mass is 10.1. The summed E-state index contributed by atoms with van der Waals surface area (Å²) >= 11 is 0. The van der Waals surface area contributed by atoms with Crippen LogP contribution < -0.4 is 14.4 Å². The zero-order valence-electron chi connectivity index (χ0n) is 23.6. The second-order valence-corrected chi connectivity index (χ2v) is 11.8. The van der Waals surface area contributed by atoms with Gasteiger partial charge in [0.1, 0.15) is 11.8 Å². The predicted octanol–water partition coefficient (Wildman–Crippen LogP) is 4.38. The Morgan fingerprint density at radius 2 is 1.71 bits per heavy atom. The van der Waals surface area contributed by atoms with E-state index in [1.54, 1.807) is 24.1 Å². The highest BCUT2D eigenvalue weighted by atomic mass is 32.2. The molecule has 0 aliphatic carbocycles. The number of amides is 2. The maximum absolute atomic E-state index is 13.5. The van der Waals surface area contributed by atoms with E-state index in [9.17, 15) is 18.0 Å². The van der Waals surface area contributed by atoms with E-state index in [2.05, 4.69) is 5.32 Å². The first kappa shape index (κ1) is 31.1. The van der Waals surface area contributed by atoms with E-state index in [4.69, 9.17) is 4.74 Å². The molecule has 9 heteroatoms. The average Bonchev–Trinajstić information content (AvgIpc) is 2.89. The van der Waals surface area contributed by atoms with Crippen LogP contribution in [0.2, 0.25) is 0 Å². The zero-order chi connectivity index (χ0) is 28.3. The number of rotatable bonds is 15. The van der Waals surface area contributed by atoms with Crippen molar-refractivity contribution in [2.24, 2.45) is 5.92 Å². The first-order chi connectivity index (χ1) is 18.0. The molecule has 0 spiro atoms. The van der Waals surface area contributed by atoms with Gasteiger partial charge >= 0.3 is 0 Å². The van der Waals surface area contributed by atoms with E-state index < -0.39 is 16.1 Å². The Bertz CT molecular complexity index is 1150. The minimum Gasteiger partial charge on any atom is -0.497 e. The Morgan fingerprint density at radius 3 is 2.26 bits per heavy atom. The second-order valence-electron chi connectivity index (χ2n) is 9.89. The van der Waals surface area contributed by atoms with Gasteiger partial charge in [-0.05, 0) is 60.6 Å². The van der Waals surface area contributed by atoms with Gasteiger partial charge in [0.2, 0.25) is 21.8 Å². The summed E-state index contributed by atoms with van der Waals surface area (Å²) in [6, 6.07) is 14.2. The van der Waals surface area contributed by atoms with Crippen LogP contribution in [-0.4, -0.2) is 57.6 Å². The smallest absolute Gasteiger partial charge is 0.242 e. The minimum atomic E-state index is -3.53. The lowest BCUT2D eigenvalue weighted by molar-refractivity contribution is -0.141. The first-order valence-corrected chi connectivity index (χ1v) is 15.1. The topological polar surface area (TPSA) is 96.0 Å². The monoisotopic (exact) mass is 545 g/mol. The molecule has 0 radical (unpaired) electrons. The number of benzene rings is 2. The average molecular weight is 546 g/mol. The Kier molecular flexibility index (Phi) is 12.1. The summed E-state index contributed by atoms with van der Waals surface area (Å²) in [5, 5.41) is 2.96. The first-order valence-electron chi connectivity index (χ1n) is 13.3. The van der Waals surface area contributed by atoms with E-state index in [0.29, 0.717) is 30.8 Å². The van der Waals surface area contributed by atoms with E-state index in [0.717, 1.165) is 17.5 Å². The van der Waals surface area contributed by atoms with Crippen molar-refractivity contribution in [3.63, 3.8) is 0 Å². The Balaban J connectivity index is 2.22. The van der Waals surface area contributed by atoms with Crippen molar-refractivity contribution < 1.29 is 22.7 Å². The number of nitrogens with one attached hydrogen (secondary N) is 1. The van der Waals surface area contributed by atoms with Gasteiger partial charge in [0.25, 0.3) is 0 Å². The van der Waals surface area contributed by atoms with E-state index in [1.807, 2.05) is 64.1 Å². The standard InChI is InChI=1S/C29H43N3O5S/c1-7-23-14-16-25(17-15-23)32(38(6,35)36)18-10-13-28(33)31(21-24-11-9-12-26(19-24)37-5)27(8-2)29(34)30-20-22(3)4/h9,11-12,14-17,19,22,27H,7-8,10,13,18,20-21H2,1-6H3,(H,30,34)/t27-/m1/s1. The van der Waals surface area contributed by atoms with Crippen LogP contribution >= 0.6 is 0 Å². The van der Waals surface area contributed by atoms with Gasteiger partial charge in [0, 0.05) is 26.1 Å². The van der Waals surface area contributed by atoms with Gasteiger partial charge < -0.3 is 15.0 Å². The van der Waals surface area contributed by atoms with Crippen LogP contribution in [0.3, 0.4) is 0 Å². The number of sulfonamides is 1. The third-order valence-electron chi connectivity index (χ3n) is 6.34. The number of methoxy groups -OCH3 is 1. The minimum absolute atomic E-state index is 0.108. The molecule has 0 unspecified atom stereocenters. The summed E-state index contributed by atoms with van der Waals surface area (Å²) in [4.78, 5) is 28.2. The van der Waals surface area contributed by atoms with Crippen LogP contribution in [0.4, 0.5) is 5.69 Å². The molecule has 0 aliphatic rings. The van der Waals surface area contributed by atoms with Crippen LogP contribution in [-0.2, 0) is 32.6 Å². The summed E-state index contributed by atoms with van der Waals surface area (Å²) in [5.41, 5.74) is 2.54. The van der Waals surface area contributed by atoms with Crippen molar-refractivity contribution in [1.29, 1.82) is 0 Å². The number of anilines is 1. The molecule has 0 heterocycles. The molecule has 0 saturated heterocycles. The van der Waals surface area contributed by atoms with Gasteiger partial charge in [0.15, 0.2) is 0 Å². The van der Waals surface area contributed by atoms with Gasteiger partial charge in [-0.15, -0.1) is 0 Å². The second kappa shape index (κ2) is 14.8. The van der Waals surface area contributed by atoms with Crippen LogP contribution in [0.15, 0.2) is 48.5 Å². The molecule has 2 amide bonds. The number of hydrogen-bond acceptors (Lipinski definition) is 5. The SMILES string of the molecule is CCc1ccc(N(CCCC(=O)N(Cc2cccc(OC)c2)[C@H](CC)C(=O)NCC(C)C)S(C)(=O)=O)cc1. The summed E-state index contributed by atoms with van der Waals surface area (Å²) in [7, 11) is -1.95. The fourth-order valence-electron chi connectivity index (χ4n) is 4.21. The molecule has 0 fully saturated rings. The van der Waals surface area contributed by atoms with Gasteiger partial charge in [-0.2, -0.15) is 0 Å². The van der Waals surface area contributed by atoms with Crippen molar-refractivity contribution in [2.75, 3.05) is 30.8 Å². The Labute approximate surface area is 228 Å². The molecule has 1 atom stereocenters. The lowest BCUT2D eigenvalue weighted by Crippen LogP contribution is -2.49. The van der Waals surface area contributed by atoms with Crippen molar-refractivity contribution in [1.82, 2.24) is 10.2 Å². The molecule has 0 aliphatic heterocycles. The third kappa shape index (κ3) is 9.35. The highest BCUT2D eigenvalue weighted by Gasteiger charge is 2.29. The number of carbonyl (C=O) groups is 2. The third-order valence-corrected chi connectivity index (χ3v) is 7.54. The fraction of sp³-hybridized carbons (Fsp3) is 0.517. The number of aryl methyl sites for hydroxylation is 1. The van der Waals surface area contributed by atoms with Crippen LogP contribution in [0.1, 0.15) is 58.1 Å². The zero-order valence-corrected chi connectivity index (χ0v) is 24.4. The molecular weight excluding hydrogens is 502 g/mol. The number of carbonyl (C=O) groups excluding carboxylic acids is 2. The van der Waals surface area contributed by atoms with Gasteiger partial charge in [-0.1, -0.05) is 52.0 Å². The molecule has 2 rings (SSSR count). The normalized spacial score (nSPS) is 12.2. The molecule has 0 bridgehead atoms. The number of hydrogen-bond donors (Lipinski definition) is 1. The van der Waals surface area contributed by atoms with Crippen LogP contribution in [0.25, 0.3) is 0 Å². The quantitative estimate of drug-likeness (QED) is 0.358. The number of nitrogens with zero attached hydrogens (tertiary/aromatic N) is 2. The number of ether oxygens (including phenoxy) is 1. The molecule has 38 heavy (non-hydrogen) atoms. The van der Waals surface area contributed by atoms with E-state index in [1.165, 1.54) is 10.6 Å². The van der Waals surface area contributed by atoms with E-state index in [-0.39, 0.29) is 37.2 Å². The summed E-state index contributed by atoms with van der Waals surface area (Å²) in [5.74, 6) is 0.567. The lowest BCUT2D eigenvalue weighted by Gasteiger charge is -2.31. The Morgan fingerprint density at radius 1 is 1.03 bits per heavy atom. The molecule has 8 nitrogen and oxygen atoms in total. The molecule has 0 aromatic heterocycles. The van der Waals surface area contributed by atoms with Crippen molar-refractivity contribution in [2.45, 2.75) is 66.0 Å². The molecule has 2 aromatic carbocycles. The molecular formula is C29H43N3O5S. The summed E-state index contributed by atoms with van der Waals surface area (Å²) < 4.78 is 31.7. The van der Waals surface area contributed by atoms with E-state index >= 15 is 0 Å². The molecule has 1 N–H and O–H groups in total. The van der Waals surface area contributed by atoms with Crippen molar-refractivity contribution in [3.05, 3.63) is 59.7 Å². The maximum Gasteiger partial charge on any atom is 0.242 e. The Hall–Kier alpha value is -3.07. The summed E-state index contributed by atoms with van der Waals surface area (Å²) in [6.07, 6.45) is 2.92. The highest BCUT2D eigenvalue weighted by Crippen LogP contribution is 2.21. The largest absolute Gasteiger partial charge is 0.497 e. The van der Waals surface area contributed by atoms with Gasteiger partial charge in [0.05, 0.1) is 19.1 Å². The predicted molar refractivity (Wildman–Crippen MR) is 153 cm³/mol. The van der Waals surface area contributed by atoms with Gasteiger partial charge in [-0.25, -0.2) is 8.42 Å². The van der Waals surface area contributed by atoms with Gasteiger partial charge in [-0.3, -0.25) is 13.9 Å². The fourth-order valence-corrected chi connectivity index (χ4v) is 5.18. The highest BCUT2D eigenvalue weighted by molar-refractivity contribution is 7.92. The maximum atomic E-state index is 13.5. The molecule has 0 saturated carbocycles.